The maximum absolute atomic E-state index is 11.7. The van der Waals surface area contributed by atoms with Gasteiger partial charge in [0.25, 0.3) is 5.24 Å². The van der Waals surface area contributed by atoms with Gasteiger partial charge in [-0.1, -0.05) is 42.1 Å². The summed E-state index contributed by atoms with van der Waals surface area (Å²) in [6.45, 7) is 2.91. The van der Waals surface area contributed by atoms with Crippen molar-refractivity contribution in [2.24, 2.45) is 0 Å². The Balaban J connectivity index is 1.24. The SMILES string of the molecule is Cc1oc(CNc2ccccc2)nc1CCOc1ccc(CC2SC(=O)NC2=O)cc1. The Hall–Kier alpha value is -3.26. The van der Waals surface area contributed by atoms with Gasteiger partial charge in [0.05, 0.1) is 24.1 Å². The van der Waals surface area contributed by atoms with Crippen molar-refractivity contribution in [3.63, 3.8) is 0 Å². The van der Waals surface area contributed by atoms with Crippen molar-refractivity contribution in [3.8, 4) is 5.75 Å². The number of thioether (sulfide) groups is 1. The van der Waals surface area contributed by atoms with Crippen molar-refractivity contribution in [1.29, 1.82) is 0 Å². The normalized spacial score (nSPS) is 15.7. The number of aromatic nitrogens is 1. The molecule has 0 spiro atoms. The molecule has 1 fully saturated rings. The molecule has 1 unspecified atom stereocenters. The number of aryl methyl sites for hydroxylation is 1. The molecule has 1 aromatic heterocycles. The number of imide groups is 1. The third kappa shape index (κ3) is 5.67. The van der Waals surface area contributed by atoms with Crippen molar-refractivity contribution in [3.05, 3.63) is 77.5 Å². The molecule has 2 aromatic carbocycles. The van der Waals surface area contributed by atoms with Crippen LogP contribution in [0, 0.1) is 6.92 Å². The molecule has 160 valence electrons. The van der Waals surface area contributed by atoms with Crippen LogP contribution < -0.4 is 15.4 Å². The van der Waals surface area contributed by atoms with Gasteiger partial charge in [0.1, 0.15) is 11.5 Å². The summed E-state index contributed by atoms with van der Waals surface area (Å²) in [5, 5.41) is 4.95. The number of carbonyl (C=O) groups is 2. The van der Waals surface area contributed by atoms with Crippen LogP contribution in [0.15, 0.2) is 59.0 Å². The Kier molecular flexibility index (Phi) is 6.57. The molecule has 8 heteroatoms. The molecule has 31 heavy (non-hydrogen) atoms. The zero-order valence-electron chi connectivity index (χ0n) is 17.1. The molecule has 0 aliphatic carbocycles. The van der Waals surface area contributed by atoms with Crippen molar-refractivity contribution in [2.45, 2.75) is 31.6 Å². The third-order valence-corrected chi connectivity index (χ3v) is 5.85. The van der Waals surface area contributed by atoms with Crippen LogP contribution in [0.2, 0.25) is 0 Å². The van der Waals surface area contributed by atoms with Gasteiger partial charge in [0.2, 0.25) is 11.8 Å². The Morgan fingerprint density at radius 1 is 1.13 bits per heavy atom. The molecule has 1 aliphatic heterocycles. The first-order chi connectivity index (χ1) is 15.1. The van der Waals surface area contributed by atoms with Crippen LogP contribution >= 0.6 is 11.8 Å². The average Bonchev–Trinajstić information content (AvgIpc) is 3.29. The van der Waals surface area contributed by atoms with Crippen LogP contribution in [-0.2, 0) is 24.2 Å². The molecule has 1 saturated heterocycles. The summed E-state index contributed by atoms with van der Waals surface area (Å²) in [4.78, 5) is 27.5. The summed E-state index contributed by atoms with van der Waals surface area (Å²) in [6, 6.07) is 17.5. The lowest BCUT2D eigenvalue weighted by Gasteiger charge is -2.08. The highest BCUT2D eigenvalue weighted by Gasteiger charge is 2.31. The van der Waals surface area contributed by atoms with E-state index in [9.17, 15) is 9.59 Å². The molecule has 1 aliphatic rings. The standard InChI is InChI=1S/C23H23N3O4S/c1-15-19(25-21(30-15)14-24-17-5-3-2-4-6-17)11-12-29-18-9-7-16(8-10-18)13-20-22(27)26-23(28)31-20/h2-10,20,24H,11-14H2,1H3,(H,26,27,28). The lowest BCUT2D eigenvalue weighted by molar-refractivity contribution is -0.118. The van der Waals surface area contributed by atoms with E-state index in [1.807, 2.05) is 61.5 Å². The molecule has 0 bridgehead atoms. The average molecular weight is 438 g/mol. The first kappa shape index (κ1) is 21.0. The zero-order valence-corrected chi connectivity index (χ0v) is 17.9. The molecular weight excluding hydrogens is 414 g/mol. The van der Waals surface area contributed by atoms with Crippen LogP contribution in [0.3, 0.4) is 0 Å². The topological polar surface area (TPSA) is 93.5 Å². The number of anilines is 1. The lowest BCUT2D eigenvalue weighted by atomic mass is 10.1. The number of ether oxygens (including phenoxy) is 1. The number of carbonyl (C=O) groups excluding carboxylic acids is 2. The fourth-order valence-corrected chi connectivity index (χ4v) is 4.12. The second kappa shape index (κ2) is 9.70. The molecule has 7 nitrogen and oxygen atoms in total. The molecule has 0 saturated carbocycles. The Labute approximate surface area is 184 Å². The molecule has 2 amide bonds. The van der Waals surface area contributed by atoms with Gasteiger partial charge in [-0.15, -0.1) is 0 Å². The quantitative estimate of drug-likeness (QED) is 0.520. The largest absolute Gasteiger partial charge is 0.493 e. The van der Waals surface area contributed by atoms with Crippen molar-refractivity contribution < 1.29 is 18.7 Å². The number of amides is 2. The number of nitrogens with zero attached hydrogens (tertiary/aromatic N) is 1. The van der Waals surface area contributed by atoms with Crippen molar-refractivity contribution in [1.82, 2.24) is 10.3 Å². The van der Waals surface area contributed by atoms with E-state index >= 15 is 0 Å². The highest BCUT2D eigenvalue weighted by atomic mass is 32.2. The van der Waals surface area contributed by atoms with Gasteiger partial charge in [-0.3, -0.25) is 14.9 Å². The molecule has 0 radical (unpaired) electrons. The fraction of sp³-hybridized carbons (Fsp3) is 0.261. The van der Waals surface area contributed by atoms with Gasteiger partial charge in [-0.05, 0) is 43.2 Å². The van der Waals surface area contributed by atoms with E-state index in [0.29, 0.717) is 31.9 Å². The van der Waals surface area contributed by atoms with Gasteiger partial charge >= 0.3 is 0 Å². The van der Waals surface area contributed by atoms with Crippen LogP contribution in [0.25, 0.3) is 0 Å². The molecule has 2 N–H and O–H groups in total. The van der Waals surface area contributed by atoms with Gasteiger partial charge < -0.3 is 14.5 Å². The van der Waals surface area contributed by atoms with Crippen LogP contribution in [0.1, 0.15) is 22.9 Å². The molecule has 1 atom stereocenters. The Morgan fingerprint density at radius 3 is 2.61 bits per heavy atom. The van der Waals surface area contributed by atoms with E-state index in [1.54, 1.807) is 0 Å². The summed E-state index contributed by atoms with van der Waals surface area (Å²) in [5.41, 5.74) is 2.89. The monoisotopic (exact) mass is 437 g/mol. The van der Waals surface area contributed by atoms with E-state index in [0.717, 1.165) is 40.2 Å². The highest BCUT2D eigenvalue weighted by molar-refractivity contribution is 8.15. The second-order valence-corrected chi connectivity index (χ2v) is 8.34. The number of oxazole rings is 1. The van der Waals surface area contributed by atoms with E-state index in [-0.39, 0.29) is 16.4 Å². The van der Waals surface area contributed by atoms with Gasteiger partial charge in [0, 0.05) is 12.1 Å². The lowest BCUT2D eigenvalue weighted by Crippen LogP contribution is -2.25. The summed E-state index contributed by atoms with van der Waals surface area (Å²) in [5.74, 6) is 1.96. The van der Waals surface area contributed by atoms with Gasteiger partial charge in [-0.25, -0.2) is 4.98 Å². The summed E-state index contributed by atoms with van der Waals surface area (Å²) in [7, 11) is 0. The molecular formula is C23H23N3O4S. The second-order valence-electron chi connectivity index (χ2n) is 7.16. The van der Waals surface area contributed by atoms with Gasteiger partial charge in [-0.2, -0.15) is 0 Å². The maximum atomic E-state index is 11.7. The number of para-hydroxylation sites is 1. The Bertz CT molecular complexity index is 1050. The first-order valence-electron chi connectivity index (χ1n) is 10.0. The number of rotatable bonds is 9. The zero-order chi connectivity index (χ0) is 21.6. The van der Waals surface area contributed by atoms with E-state index < -0.39 is 0 Å². The fourth-order valence-electron chi connectivity index (χ4n) is 3.26. The smallest absolute Gasteiger partial charge is 0.286 e. The summed E-state index contributed by atoms with van der Waals surface area (Å²) < 4.78 is 11.6. The molecule has 4 rings (SSSR count). The van der Waals surface area contributed by atoms with Crippen LogP contribution in [0.5, 0.6) is 5.75 Å². The predicted octanol–water partition coefficient (Wildman–Crippen LogP) is 4.11. The highest BCUT2D eigenvalue weighted by Crippen LogP contribution is 2.24. The number of hydrogen-bond donors (Lipinski definition) is 2. The van der Waals surface area contributed by atoms with Crippen LogP contribution in [-0.4, -0.2) is 28.0 Å². The Morgan fingerprint density at radius 2 is 1.90 bits per heavy atom. The number of benzene rings is 2. The molecule has 3 aromatic rings. The minimum atomic E-state index is -0.361. The van der Waals surface area contributed by atoms with Crippen molar-refractivity contribution >= 4 is 28.6 Å². The van der Waals surface area contributed by atoms with E-state index in [2.05, 4.69) is 15.6 Å². The number of hydrogen-bond acceptors (Lipinski definition) is 7. The van der Waals surface area contributed by atoms with E-state index in [4.69, 9.17) is 9.15 Å². The summed E-state index contributed by atoms with van der Waals surface area (Å²) in [6.07, 6.45) is 1.16. The first-order valence-corrected chi connectivity index (χ1v) is 10.9. The maximum Gasteiger partial charge on any atom is 0.286 e. The molecule has 2 heterocycles. The van der Waals surface area contributed by atoms with Crippen LogP contribution in [0.4, 0.5) is 10.5 Å². The number of nitrogens with one attached hydrogen (secondary N) is 2. The predicted molar refractivity (Wildman–Crippen MR) is 119 cm³/mol. The van der Waals surface area contributed by atoms with Gasteiger partial charge in [0.15, 0.2) is 0 Å². The summed E-state index contributed by atoms with van der Waals surface area (Å²) >= 11 is 1.04. The van der Waals surface area contributed by atoms with Crippen molar-refractivity contribution in [2.75, 3.05) is 11.9 Å². The van der Waals surface area contributed by atoms with E-state index in [1.165, 1.54) is 0 Å². The minimum absolute atomic E-state index is 0.225. The minimum Gasteiger partial charge on any atom is -0.493 e. The third-order valence-electron chi connectivity index (χ3n) is 4.87.